The molecule has 0 bridgehead atoms. The predicted molar refractivity (Wildman–Crippen MR) is 80.2 cm³/mol. The van der Waals surface area contributed by atoms with Gasteiger partial charge in [-0.15, -0.1) is 0 Å². The number of carboxylic acids is 1. The molecule has 0 unspecified atom stereocenters. The quantitative estimate of drug-likeness (QED) is 0.784. The van der Waals surface area contributed by atoms with Crippen LogP contribution in [0.2, 0.25) is 0 Å². The molecular formula is C16H22F3NO3. The van der Waals surface area contributed by atoms with Crippen LogP contribution in [-0.2, 0) is 15.1 Å². The molecule has 1 heterocycles. The van der Waals surface area contributed by atoms with Crippen LogP contribution in [0.1, 0.15) is 31.7 Å². The van der Waals surface area contributed by atoms with Crippen LogP contribution in [0.5, 0.6) is 0 Å². The van der Waals surface area contributed by atoms with Gasteiger partial charge in [-0.1, -0.05) is 50.1 Å². The van der Waals surface area contributed by atoms with Crippen LogP contribution in [-0.4, -0.2) is 36.9 Å². The first-order valence-electron chi connectivity index (χ1n) is 7.52. The molecule has 23 heavy (non-hydrogen) atoms. The monoisotopic (exact) mass is 333 g/mol. The van der Waals surface area contributed by atoms with E-state index in [1.54, 1.807) is 0 Å². The summed E-state index contributed by atoms with van der Waals surface area (Å²) in [7, 11) is 0. The van der Waals surface area contributed by atoms with E-state index in [2.05, 4.69) is 42.6 Å². The molecule has 0 saturated carbocycles. The molecule has 7 heteroatoms. The van der Waals surface area contributed by atoms with E-state index < -0.39 is 12.1 Å². The summed E-state index contributed by atoms with van der Waals surface area (Å²) in [5.74, 6) is -2.76. The van der Waals surface area contributed by atoms with E-state index in [9.17, 15) is 13.2 Å². The Kier molecular flexibility index (Phi) is 7.51. The molecule has 0 aromatic heterocycles. The molecule has 0 atom stereocenters. The minimum atomic E-state index is -5.08. The summed E-state index contributed by atoms with van der Waals surface area (Å²) in [6, 6.07) is 10.6. The maximum atomic E-state index is 10.6. The SMILES string of the molecule is CCCCCOC1(c2ccccc2)CNC1.O=C(O)C(F)(F)F. The number of unbranched alkanes of at least 4 members (excludes halogenated alkanes) is 2. The number of carboxylic acid groups (broad SMARTS) is 1. The van der Waals surface area contributed by atoms with E-state index in [1.807, 2.05) is 0 Å². The van der Waals surface area contributed by atoms with Crippen LogP contribution >= 0.6 is 0 Å². The molecule has 1 aromatic rings. The highest BCUT2D eigenvalue weighted by Crippen LogP contribution is 2.30. The average Bonchev–Trinajstić information content (AvgIpc) is 2.46. The molecule has 1 saturated heterocycles. The van der Waals surface area contributed by atoms with E-state index in [-0.39, 0.29) is 5.60 Å². The molecule has 130 valence electrons. The number of aliphatic carboxylic acids is 1. The van der Waals surface area contributed by atoms with Crippen molar-refractivity contribution in [3.8, 4) is 0 Å². The zero-order valence-corrected chi connectivity index (χ0v) is 13.0. The number of hydrogen-bond acceptors (Lipinski definition) is 3. The molecule has 1 fully saturated rings. The number of carbonyl (C=O) groups is 1. The third-order valence-corrected chi connectivity index (χ3v) is 3.49. The summed E-state index contributed by atoms with van der Waals surface area (Å²) < 4.78 is 37.8. The summed E-state index contributed by atoms with van der Waals surface area (Å²) in [5, 5.41) is 10.4. The Morgan fingerprint density at radius 1 is 1.26 bits per heavy atom. The number of rotatable bonds is 6. The molecule has 1 aromatic carbocycles. The molecule has 0 amide bonds. The van der Waals surface area contributed by atoms with Gasteiger partial charge in [-0.3, -0.25) is 0 Å². The highest BCUT2D eigenvalue weighted by Gasteiger charge is 2.39. The third-order valence-electron chi connectivity index (χ3n) is 3.49. The van der Waals surface area contributed by atoms with Crippen LogP contribution in [0.3, 0.4) is 0 Å². The fourth-order valence-electron chi connectivity index (χ4n) is 2.10. The molecular weight excluding hydrogens is 311 g/mol. The van der Waals surface area contributed by atoms with Crippen LogP contribution in [0.25, 0.3) is 0 Å². The molecule has 0 aliphatic carbocycles. The summed E-state index contributed by atoms with van der Waals surface area (Å²) in [5.41, 5.74) is 1.26. The molecule has 2 rings (SSSR count). The van der Waals surface area contributed by atoms with E-state index in [4.69, 9.17) is 14.6 Å². The van der Waals surface area contributed by atoms with E-state index >= 15 is 0 Å². The lowest BCUT2D eigenvalue weighted by molar-refractivity contribution is -0.192. The summed E-state index contributed by atoms with van der Waals surface area (Å²) >= 11 is 0. The normalized spacial score (nSPS) is 16.0. The van der Waals surface area contributed by atoms with Gasteiger partial charge >= 0.3 is 12.1 Å². The summed E-state index contributed by atoms with van der Waals surface area (Å²) in [4.78, 5) is 8.90. The fourth-order valence-corrected chi connectivity index (χ4v) is 2.10. The molecule has 1 aliphatic heterocycles. The van der Waals surface area contributed by atoms with Crippen LogP contribution in [0.4, 0.5) is 13.2 Å². The summed E-state index contributed by atoms with van der Waals surface area (Å²) in [6.45, 7) is 4.99. The lowest BCUT2D eigenvalue weighted by Gasteiger charge is -2.42. The van der Waals surface area contributed by atoms with Gasteiger partial charge in [-0.25, -0.2) is 4.79 Å². The van der Waals surface area contributed by atoms with Gasteiger partial charge in [-0.2, -0.15) is 13.2 Å². The molecule has 1 aliphatic rings. The van der Waals surface area contributed by atoms with Crippen molar-refractivity contribution in [2.45, 2.75) is 38.0 Å². The lowest BCUT2D eigenvalue weighted by atomic mass is 9.88. The maximum Gasteiger partial charge on any atom is 0.490 e. The number of alkyl halides is 3. The second-order valence-corrected chi connectivity index (χ2v) is 5.32. The fraction of sp³-hybridized carbons (Fsp3) is 0.562. The number of hydrogen-bond donors (Lipinski definition) is 2. The molecule has 4 nitrogen and oxygen atoms in total. The van der Waals surface area contributed by atoms with Crippen molar-refractivity contribution >= 4 is 5.97 Å². The van der Waals surface area contributed by atoms with Crippen molar-refractivity contribution in [2.24, 2.45) is 0 Å². The van der Waals surface area contributed by atoms with Gasteiger partial charge in [0.1, 0.15) is 5.60 Å². The second-order valence-electron chi connectivity index (χ2n) is 5.32. The first kappa shape index (κ1) is 19.4. The predicted octanol–water partition coefficient (Wildman–Crippen LogP) is 3.33. The van der Waals surface area contributed by atoms with Crippen molar-refractivity contribution in [3.05, 3.63) is 35.9 Å². The van der Waals surface area contributed by atoms with Gasteiger partial charge in [-0.05, 0) is 12.0 Å². The van der Waals surface area contributed by atoms with Gasteiger partial charge in [0, 0.05) is 19.7 Å². The minimum Gasteiger partial charge on any atom is -0.475 e. The van der Waals surface area contributed by atoms with Crippen LogP contribution in [0, 0.1) is 0 Å². The number of ether oxygens (including phenoxy) is 1. The topological polar surface area (TPSA) is 58.6 Å². The van der Waals surface area contributed by atoms with E-state index in [0.717, 1.165) is 19.7 Å². The Balaban J connectivity index is 0.000000322. The average molecular weight is 333 g/mol. The highest BCUT2D eigenvalue weighted by atomic mass is 19.4. The first-order valence-corrected chi connectivity index (χ1v) is 7.52. The maximum absolute atomic E-state index is 10.6. The summed E-state index contributed by atoms with van der Waals surface area (Å²) in [6.07, 6.45) is -1.40. The first-order chi connectivity index (χ1) is 10.8. The number of nitrogens with one attached hydrogen (secondary N) is 1. The largest absolute Gasteiger partial charge is 0.490 e. The van der Waals surface area contributed by atoms with Crippen LogP contribution < -0.4 is 5.32 Å². The standard InChI is InChI=1S/C14H21NO.C2HF3O2/c1-2-3-7-10-16-14(11-15-12-14)13-8-5-4-6-9-13;3-2(4,5)1(6)7/h4-6,8-9,15H,2-3,7,10-12H2,1H3;(H,6,7). The van der Waals surface area contributed by atoms with Gasteiger partial charge in [0.2, 0.25) is 0 Å². The van der Waals surface area contributed by atoms with Crippen molar-refractivity contribution in [3.63, 3.8) is 0 Å². The van der Waals surface area contributed by atoms with Gasteiger partial charge < -0.3 is 15.2 Å². The molecule has 0 radical (unpaired) electrons. The van der Waals surface area contributed by atoms with Crippen molar-refractivity contribution < 1.29 is 27.8 Å². The van der Waals surface area contributed by atoms with Gasteiger partial charge in [0.25, 0.3) is 0 Å². The lowest BCUT2D eigenvalue weighted by Crippen LogP contribution is -2.58. The Morgan fingerprint density at radius 3 is 2.22 bits per heavy atom. The second kappa shape index (κ2) is 8.88. The molecule has 2 N–H and O–H groups in total. The van der Waals surface area contributed by atoms with E-state index in [1.165, 1.54) is 24.8 Å². The highest BCUT2D eigenvalue weighted by molar-refractivity contribution is 5.73. The van der Waals surface area contributed by atoms with Gasteiger partial charge in [0.05, 0.1) is 0 Å². The number of halogens is 3. The Bertz CT molecular complexity index is 473. The van der Waals surface area contributed by atoms with Crippen molar-refractivity contribution in [1.82, 2.24) is 5.32 Å². The number of benzene rings is 1. The third kappa shape index (κ3) is 6.19. The van der Waals surface area contributed by atoms with E-state index in [0.29, 0.717) is 0 Å². The van der Waals surface area contributed by atoms with Gasteiger partial charge in [0.15, 0.2) is 0 Å². The molecule has 0 spiro atoms. The van der Waals surface area contributed by atoms with Crippen molar-refractivity contribution in [1.29, 1.82) is 0 Å². The van der Waals surface area contributed by atoms with Crippen LogP contribution in [0.15, 0.2) is 30.3 Å². The zero-order valence-electron chi connectivity index (χ0n) is 13.0. The smallest absolute Gasteiger partial charge is 0.475 e. The van der Waals surface area contributed by atoms with Crippen molar-refractivity contribution in [2.75, 3.05) is 19.7 Å². The zero-order chi connectivity index (χ0) is 17.3. The minimum absolute atomic E-state index is 0.0466. The Morgan fingerprint density at radius 2 is 1.83 bits per heavy atom. The Hall–Kier alpha value is -1.60. The Labute approximate surface area is 133 Å².